The Morgan fingerprint density at radius 1 is 1.11 bits per heavy atom. The molecule has 2 heterocycles. The second-order valence-corrected chi connectivity index (χ2v) is 16.4. The number of aliphatic imine (C=N–C) groups is 1. The minimum Gasteiger partial charge on any atom is -0.447 e. The van der Waals surface area contributed by atoms with E-state index in [1.54, 1.807) is 0 Å². The zero-order valence-electron chi connectivity index (χ0n) is 30.2. The van der Waals surface area contributed by atoms with Crippen molar-refractivity contribution in [3.05, 3.63) is 82.9 Å². The van der Waals surface area contributed by atoms with Crippen molar-refractivity contribution < 1.29 is 49.1 Å². The van der Waals surface area contributed by atoms with Crippen molar-refractivity contribution >= 4 is 39.6 Å². The smallest absolute Gasteiger partial charge is 0.411 e. The number of carbonyl (C=O) groups is 2. The summed E-state index contributed by atoms with van der Waals surface area (Å²) in [6.07, 6.45) is -5.72. The van der Waals surface area contributed by atoms with Crippen LogP contribution in [-0.2, 0) is 14.8 Å². The molecule has 4 aromatic rings. The minimum atomic E-state index is -4.80. The Morgan fingerprint density at radius 2 is 1.80 bits per heavy atom. The standard InChI is InChI=1S/C34H36ClF6N9O5S/c1-32(2,3)11-12-43-30(42)49(29(51)22-7-5-19(13-24(22)36)21-15-45-48(16-21)56(4,53)54)26(17-55-31(52)47-33(9-10-33)34(39,40)41)20-6-8-23(35)25(14-20)50-28(27(37)38)44-18-46-50/h5-8,13-16,18,26-27H,9-12,17H2,1-4H3,(H2,42,43)(H,47,52)/t26-/m1/s1. The lowest BCUT2D eigenvalue weighted by Gasteiger charge is -2.32. The van der Waals surface area contributed by atoms with Crippen molar-refractivity contribution in [1.82, 2.24) is 34.2 Å². The summed E-state index contributed by atoms with van der Waals surface area (Å²) >= 11 is 6.39. The number of nitrogens with one attached hydrogen (secondary N) is 1. The van der Waals surface area contributed by atoms with Gasteiger partial charge in [-0.05, 0) is 60.1 Å². The van der Waals surface area contributed by atoms with E-state index in [1.807, 2.05) is 26.1 Å². The van der Waals surface area contributed by atoms with Gasteiger partial charge in [-0.3, -0.25) is 14.7 Å². The van der Waals surface area contributed by atoms with E-state index in [0.29, 0.717) is 10.5 Å². The van der Waals surface area contributed by atoms with Crippen LogP contribution < -0.4 is 11.1 Å². The van der Waals surface area contributed by atoms with Crippen LogP contribution in [0.3, 0.4) is 0 Å². The van der Waals surface area contributed by atoms with Crippen molar-refractivity contribution in [2.24, 2.45) is 16.1 Å². The molecule has 2 aromatic carbocycles. The molecule has 2 aromatic heterocycles. The Labute approximate surface area is 321 Å². The number of benzene rings is 2. The maximum Gasteiger partial charge on any atom is 0.411 e. The molecule has 5 rings (SSSR count). The van der Waals surface area contributed by atoms with Gasteiger partial charge in [-0.25, -0.2) is 36.0 Å². The summed E-state index contributed by atoms with van der Waals surface area (Å²) in [6.45, 7) is 4.86. The monoisotopic (exact) mass is 831 g/mol. The summed E-state index contributed by atoms with van der Waals surface area (Å²) in [6, 6.07) is 5.43. The quantitative estimate of drug-likeness (QED) is 0.0925. The van der Waals surface area contributed by atoms with Gasteiger partial charge in [-0.1, -0.05) is 44.5 Å². The number of hydrogen-bond acceptors (Lipinski definition) is 9. The number of amides is 2. The number of rotatable bonds is 12. The number of halogens is 7. The van der Waals surface area contributed by atoms with Crippen LogP contribution in [0.2, 0.25) is 5.02 Å². The van der Waals surface area contributed by atoms with E-state index in [2.05, 4.69) is 20.2 Å². The molecule has 0 spiro atoms. The molecule has 0 bridgehead atoms. The molecule has 14 nitrogen and oxygen atoms in total. The van der Waals surface area contributed by atoms with E-state index in [4.69, 9.17) is 22.1 Å². The SMILES string of the molecule is CC(C)(C)CCN=C(N)N(C(=O)c1ccc(-c2cnn(S(C)(=O)=O)c2)cc1F)[C@H](COC(=O)NC1(C(F)(F)F)CC1)c1ccc(Cl)c(-n2ncnc2C(F)F)c1. The van der Waals surface area contributed by atoms with Crippen LogP contribution in [0.5, 0.6) is 0 Å². The van der Waals surface area contributed by atoms with Crippen LogP contribution in [0.15, 0.2) is 60.1 Å². The molecular weight excluding hydrogens is 796 g/mol. The van der Waals surface area contributed by atoms with Crippen LogP contribution in [-0.4, -0.2) is 86.4 Å². The van der Waals surface area contributed by atoms with Crippen LogP contribution in [0.4, 0.5) is 31.1 Å². The van der Waals surface area contributed by atoms with Crippen molar-refractivity contribution in [1.29, 1.82) is 0 Å². The third kappa shape index (κ3) is 9.43. The van der Waals surface area contributed by atoms with Gasteiger partial charge in [0.05, 0.1) is 41.0 Å². The summed E-state index contributed by atoms with van der Waals surface area (Å²) in [5.74, 6) is -3.61. The highest BCUT2D eigenvalue weighted by molar-refractivity contribution is 7.89. The van der Waals surface area contributed by atoms with E-state index >= 15 is 4.39 Å². The minimum absolute atomic E-state index is 0.0302. The fraction of sp³-hybridized carbons (Fsp3) is 0.412. The Bertz CT molecular complexity index is 2250. The summed E-state index contributed by atoms with van der Waals surface area (Å²) < 4.78 is 115. The Balaban J connectivity index is 1.61. The molecule has 0 unspecified atom stereocenters. The van der Waals surface area contributed by atoms with E-state index in [0.717, 1.165) is 40.5 Å². The molecule has 1 fully saturated rings. The van der Waals surface area contributed by atoms with E-state index in [1.165, 1.54) is 30.5 Å². The molecule has 0 saturated heterocycles. The molecular formula is C34H36ClF6N9O5S. The van der Waals surface area contributed by atoms with Gasteiger partial charge in [-0.15, -0.1) is 0 Å². The van der Waals surface area contributed by atoms with Gasteiger partial charge in [0.15, 0.2) is 11.8 Å². The summed E-state index contributed by atoms with van der Waals surface area (Å²) in [5.41, 5.74) is 3.16. The van der Waals surface area contributed by atoms with E-state index in [9.17, 15) is 40.0 Å². The third-order valence-corrected chi connectivity index (χ3v) is 9.90. The first-order chi connectivity index (χ1) is 26.0. The lowest BCUT2D eigenvalue weighted by atomic mass is 9.92. The normalized spacial score (nSPS) is 15.1. The van der Waals surface area contributed by atoms with Crippen molar-refractivity contribution in [2.75, 3.05) is 19.4 Å². The largest absolute Gasteiger partial charge is 0.447 e. The number of hydrogen-bond donors (Lipinski definition) is 2. The molecule has 0 radical (unpaired) electrons. The second-order valence-electron chi connectivity index (χ2n) is 14.1. The molecule has 1 saturated carbocycles. The molecule has 302 valence electrons. The van der Waals surface area contributed by atoms with Gasteiger partial charge in [0.2, 0.25) is 0 Å². The average molecular weight is 832 g/mol. The number of alkyl carbamates (subject to hydrolysis) is 1. The second kappa shape index (κ2) is 15.8. The lowest BCUT2D eigenvalue weighted by molar-refractivity contribution is -0.164. The highest BCUT2D eigenvalue weighted by atomic mass is 35.5. The number of carbonyl (C=O) groups excluding carboxylic acids is 2. The molecule has 2 amide bonds. The van der Waals surface area contributed by atoms with Crippen molar-refractivity contribution in [2.45, 2.75) is 64.2 Å². The van der Waals surface area contributed by atoms with Crippen molar-refractivity contribution in [3.63, 3.8) is 0 Å². The number of aromatic nitrogens is 5. The third-order valence-electron chi connectivity index (χ3n) is 8.70. The Kier molecular flexibility index (Phi) is 11.8. The van der Waals surface area contributed by atoms with Gasteiger partial charge in [0.25, 0.3) is 22.4 Å². The average Bonchev–Trinajstić information content (AvgIpc) is 3.46. The summed E-state index contributed by atoms with van der Waals surface area (Å²) in [5, 5.41) is 9.27. The molecule has 22 heteroatoms. The Hall–Kier alpha value is -5.18. The first-order valence-electron chi connectivity index (χ1n) is 16.7. The predicted molar refractivity (Wildman–Crippen MR) is 191 cm³/mol. The van der Waals surface area contributed by atoms with Gasteiger partial charge in [0, 0.05) is 12.1 Å². The molecule has 1 atom stereocenters. The maximum atomic E-state index is 16.0. The van der Waals surface area contributed by atoms with Crippen molar-refractivity contribution in [3.8, 4) is 16.8 Å². The van der Waals surface area contributed by atoms with Crippen LogP contribution in [0.25, 0.3) is 16.8 Å². The number of nitrogens with two attached hydrogens (primary N) is 1. The zero-order chi connectivity index (χ0) is 41.4. The number of alkyl halides is 5. The number of nitrogens with zero attached hydrogens (tertiary/aromatic N) is 7. The van der Waals surface area contributed by atoms with Crippen LogP contribution in [0.1, 0.15) is 74.2 Å². The maximum absolute atomic E-state index is 16.0. The first-order valence-corrected chi connectivity index (χ1v) is 18.9. The fourth-order valence-corrected chi connectivity index (χ4v) is 6.14. The highest BCUT2D eigenvalue weighted by Gasteiger charge is 2.64. The molecule has 56 heavy (non-hydrogen) atoms. The molecule has 0 aliphatic heterocycles. The fourth-order valence-electron chi connectivity index (χ4n) is 5.41. The Morgan fingerprint density at radius 3 is 2.38 bits per heavy atom. The van der Waals surface area contributed by atoms with Crippen LogP contribution >= 0.6 is 11.6 Å². The summed E-state index contributed by atoms with van der Waals surface area (Å²) in [4.78, 5) is 36.0. The highest BCUT2D eigenvalue weighted by Crippen LogP contribution is 2.49. The zero-order valence-corrected chi connectivity index (χ0v) is 31.8. The number of ether oxygens (including phenoxy) is 1. The number of guanidine groups is 1. The van der Waals surface area contributed by atoms with E-state index in [-0.39, 0.29) is 39.4 Å². The van der Waals surface area contributed by atoms with E-state index < -0.39 is 88.8 Å². The van der Waals surface area contributed by atoms with Gasteiger partial charge in [0.1, 0.15) is 24.3 Å². The topological polar surface area (TPSA) is 180 Å². The first kappa shape index (κ1) is 42.0. The molecule has 3 N–H and O–H groups in total. The van der Waals surface area contributed by atoms with Gasteiger partial charge in [-0.2, -0.15) is 27.5 Å². The van der Waals surface area contributed by atoms with Gasteiger partial charge >= 0.3 is 12.3 Å². The molecule has 1 aliphatic rings. The predicted octanol–water partition coefficient (Wildman–Crippen LogP) is 6.42. The molecule has 1 aliphatic carbocycles. The van der Waals surface area contributed by atoms with Gasteiger partial charge < -0.3 is 15.8 Å². The summed E-state index contributed by atoms with van der Waals surface area (Å²) in [7, 11) is -3.77. The van der Waals surface area contributed by atoms with Crippen LogP contribution in [0, 0.1) is 11.2 Å². The lowest BCUT2D eigenvalue weighted by Crippen LogP contribution is -2.49.